The molecule has 2 heterocycles. The summed E-state index contributed by atoms with van der Waals surface area (Å²) in [5.74, 6) is -1.85. The first-order valence-electron chi connectivity index (χ1n) is 10.1. The standard InChI is InChI=1S/C20H30O13/c1-7(2)17(27)31-15-10(6-22)30-20(14(26)16(15)32-18(28)8(3)4)33-19-13(25)12(24)11(23)9(5-21)29-19/h9-16,19-26H,1,3,5-6H2,2,4H3/t9-,10-,11-,12+,13-,14-,15-,16-,19-,20-/m1/s1. The van der Waals surface area contributed by atoms with Crippen LogP contribution in [-0.4, -0.2) is 117 Å². The first kappa shape index (κ1) is 27.3. The average molecular weight is 478 g/mol. The van der Waals surface area contributed by atoms with E-state index in [1.54, 1.807) is 0 Å². The van der Waals surface area contributed by atoms with E-state index in [0.717, 1.165) is 0 Å². The van der Waals surface area contributed by atoms with E-state index < -0.39 is 86.6 Å². The lowest BCUT2D eigenvalue weighted by molar-refractivity contribution is -0.376. The highest BCUT2D eigenvalue weighted by Gasteiger charge is 2.53. The van der Waals surface area contributed by atoms with Gasteiger partial charge in [0.1, 0.15) is 36.6 Å². The minimum atomic E-state index is -1.84. The van der Waals surface area contributed by atoms with Gasteiger partial charge in [0, 0.05) is 11.1 Å². The van der Waals surface area contributed by atoms with Crippen molar-refractivity contribution < 1.29 is 63.9 Å². The summed E-state index contributed by atoms with van der Waals surface area (Å²) in [6.07, 6.45) is -16.3. The third-order valence-corrected chi connectivity index (χ3v) is 5.09. The molecule has 0 saturated carbocycles. The van der Waals surface area contributed by atoms with Crippen LogP contribution in [0.1, 0.15) is 13.8 Å². The third-order valence-electron chi connectivity index (χ3n) is 5.09. The molecule has 0 aromatic carbocycles. The van der Waals surface area contributed by atoms with E-state index in [-0.39, 0.29) is 11.1 Å². The highest BCUT2D eigenvalue weighted by molar-refractivity contribution is 5.88. The molecule has 2 saturated heterocycles. The first-order chi connectivity index (χ1) is 15.4. The third kappa shape index (κ3) is 6.15. The van der Waals surface area contributed by atoms with Crippen molar-refractivity contribution in [2.75, 3.05) is 13.2 Å². The van der Waals surface area contributed by atoms with Crippen LogP contribution in [0.15, 0.2) is 24.3 Å². The monoisotopic (exact) mass is 478 g/mol. The molecule has 33 heavy (non-hydrogen) atoms. The highest BCUT2D eigenvalue weighted by atomic mass is 16.8. The van der Waals surface area contributed by atoms with Crippen molar-refractivity contribution in [3.05, 3.63) is 24.3 Å². The van der Waals surface area contributed by atoms with Crippen LogP contribution < -0.4 is 0 Å². The normalized spacial score (nSPS) is 38.9. The van der Waals surface area contributed by atoms with Gasteiger partial charge in [-0.2, -0.15) is 0 Å². The van der Waals surface area contributed by atoms with E-state index >= 15 is 0 Å². The highest BCUT2D eigenvalue weighted by Crippen LogP contribution is 2.31. The summed E-state index contributed by atoms with van der Waals surface area (Å²) in [4.78, 5) is 24.2. The van der Waals surface area contributed by atoms with Crippen LogP contribution >= 0.6 is 0 Å². The Balaban J connectivity index is 2.30. The second-order valence-electron chi connectivity index (χ2n) is 7.85. The molecule has 2 aliphatic heterocycles. The van der Waals surface area contributed by atoms with Gasteiger partial charge in [0.15, 0.2) is 24.8 Å². The van der Waals surface area contributed by atoms with E-state index in [2.05, 4.69) is 13.2 Å². The number of hydrogen-bond acceptors (Lipinski definition) is 13. The number of hydrogen-bond donors (Lipinski definition) is 6. The molecule has 0 radical (unpaired) electrons. The Morgan fingerprint density at radius 3 is 1.67 bits per heavy atom. The van der Waals surface area contributed by atoms with Gasteiger partial charge in [-0.1, -0.05) is 13.2 Å². The number of rotatable bonds is 8. The lowest BCUT2D eigenvalue weighted by atomic mass is 9.97. The minimum absolute atomic E-state index is 0.00847. The van der Waals surface area contributed by atoms with Gasteiger partial charge in [0.05, 0.1) is 13.2 Å². The van der Waals surface area contributed by atoms with Crippen LogP contribution in [-0.2, 0) is 33.3 Å². The maximum absolute atomic E-state index is 12.1. The number of esters is 2. The Kier molecular flexibility index (Phi) is 9.48. The Morgan fingerprint density at radius 1 is 0.727 bits per heavy atom. The second kappa shape index (κ2) is 11.5. The molecule has 2 aliphatic rings. The molecule has 13 heteroatoms. The van der Waals surface area contributed by atoms with Crippen LogP contribution in [0.4, 0.5) is 0 Å². The van der Waals surface area contributed by atoms with Gasteiger partial charge < -0.3 is 54.3 Å². The van der Waals surface area contributed by atoms with Gasteiger partial charge in [-0.3, -0.25) is 0 Å². The van der Waals surface area contributed by atoms with Crippen molar-refractivity contribution in [3.63, 3.8) is 0 Å². The van der Waals surface area contributed by atoms with Crippen LogP contribution in [0.2, 0.25) is 0 Å². The number of ether oxygens (including phenoxy) is 5. The molecule has 2 fully saturated rings. The summed E-state index contributed by atoms with van der Waals surface area (Å²) >= 11 is 0. The molecule has 10 atom stereocenters. The molecule has 0 unspecified atom stereocenters. The lowest BCUT2D eigenvalue weighted by Crippen LogP contribution is -2.65. The molecule has 0 bridgehead atoms. The fraction of sp³-hybridized carbons (Fsp3) is 0.700. The molecule has 13 nitrogen and oxygen atoms in total. The quantitative estimate of drug-likeness (QED) is 0.151. The van der Waals surface area contributed by atoms with E-state index in [4.69, 9.17) is 23.7 Å². The zero-order valence-corrected chi connectivity index (χ0v) is 18.1. The van der Waals surface area contributed by atoms with Gasteiger partial charge in [-0.15, -0.1) is 0 Å². The van der Waals surface area contributed by atoms with Crippen molar-refractivity contribution >= 4 is 11.9 Å². The van der Waals surface area contributed by atoms with E-state index in [1.165, 1.54) is 13.8 Å². The molecule has 2 rings (SSSR count). The Morgan fingerprint density at radius 2 is 1.18 bits per heavy atom. The van der Waals surface area contributed by atoms with E-state index in [0.29, 0.717) is 0 Å². The van der Waals surface area contributed by atoms with Crippen molar-refractivity contribution in [2.45, 2.75) is 75.3 Å². The molecular formula is C20H30O13. The summed E-state index contributed by atoms with van der Waals surface area (Å²) < 4.78 is 26.5. The van der Waals surface area contributed by atoms with Gasteiger partial charge in [0.25, 0.3) is 0 Å². The number of carbonyl (C=O) groups is 2. The summed E-state index contributed by atoms with van der Waals surface area (Å²) in [6.45, 7) is 8.08. The molecule has 0 spiro atoms. The molecule has 6 N–H and O–H groups in total. The van der Waals surface area contributed by atoms with Crippen LogP contribution in [0.3, 0.4) is 0 Å². The zero-order valence-electron chi connectivity index (χ0n) is 18.1. The van der Waals surface area contributed by atoms with E-state index in [9.17, 15) is 40.2 Å². The van der Waals surface area contributed by atoms with Crippen LogP contribution in [0, 0.1) is 0 Å². The zero-order chi connectivity index (χ0) is 25.0. The van der Waals surface area contributed by atoms with E-state index in [1.807, 2.05) is 0 Å². The Bertz CT molecular complexity index is 737. The lowest BCUT2D eigenvalue weighted by Gasteiger charge is -2.46. The molecular weight excluding hydrogens is 448 g/mol. The maximum atomic E-state index is 12.1. The number of aliphatic hydroxyl groups is 6. The summed E-state index contributed by atoms with van der Waals surface area (Å²) in [7, 11) is 0. The first-order valence-corrected chi connectivity index (χ1v) is 10.1. The number of aliphatic hydroxyl groups excluding tert-OH is 6. The Hall–Kier alpha value is -1.94. The fourth-order valence-electron chi connectivity index (χ4n) is 3.19. The number of carbonyl (C=O) groups excluding carboxylic acids is 2. The predicted octanol–water partition coefficient (Wildman–Crippen LogP) is -3.14. The molecule has 0 aromatic heterocycles. The molecule has 0 aliphatic carbocycles. The van der Waals surface area contributed by atoms with Crippen molar-refractivity contribution in [2.24, 2.45) is 0 Å². The second-order valence-corrected chi connectivity index (χ2v) is 7.85. The van der Waals surface area contributed by atoms with Crippen molar-refractivity contribution in [1.82, 2.24) is 0 Å². The Labute approximate surface area is 189 Å². The van der Waals surface area contributed by atoms with Crippen molar-refractivity contribution in [3.8, 4) is 0 Å². The van der Waals surface area contributed by atoms with Gasteiger partial charge in [-0.25, -0.2) is 9.59 Å². The SMILES string of the molecule is C=C(C)C(=O)O[C@@H]1[C@@H](O)[C@@H](O[C@H]2O[C@H](CO)[C@@H](O)[C@H](O)[C@H]2O)O[C@H](CO)[C@H]1OC(=O)C(=C)C. The summed E-state index contributed by atoms with van der Waals surface area (Å²) in [5, 5.41) is 59.9. The van der Waals surface area contributed by atoms with Crippen molar-refractivity contribution in [1.29, 1.82) is 0 Å². The molecule has 188 valence electrons. The van der Waals surface area contributed by atoms with Crippen LogP contribution in [0.5, 0.6) is 0 Å². The van der Waals surface area contributed by atoms with Gasteiger partial charge in [-0.05, 0) is 13.8 Å². The maximum Gasteiger partial charge on any atom is 0.333 e. The topological polar surface area (TPSA) is 202 Å². The molecule has 0 amide bonds. The predicted molar refractivity (Wildman–Crippen MR) is 106 cm³/mol. The summed E-state index contributed by atoms with van der Waals surface area (Å²) in [6, 6.07) is 0. The molecule has 0 aromatic rings. The smallest absolute Gasteiger partial charge is 0.333 e. The van der Waals surface area contributed by atoms with Gasteiger partial charge in [0.2, 0.25) is 0 Å². The largest absolute Gasteiger partial charge is 0.452 e. The minimum Gasteiger partial charge on any atom is -0.452 e. The van der Waals surface area contributed by atoms with Crippen LogP contribution in [0.25, 0.3) is 0 Å². The average Bonchev–Trinajstić information content (AvgIpc) is 2.77. The summed E-state index contributed by atoms with van der Waals surface area (Å²) in [5.41, 5.74) is -0.0449. The fourth-order valence-corrected chi connectivity index (χ4v) is 3.19. The van der Waals surface area contributed by atoms with Gasteiger partial charge >= 0.3 is 11.9 Å².